The van der Waals surface area contributed by atoms with Crippen LogP contribution < -0.4 is 5.32 Å². The highest BCUT2D eigenvalue weighted by Crippen LogP contribution is 2.01. The first-order valence-corrected chi connectivity index (χ1v) is 4.54. The van der Waals surface area contributed by atoms with Crippen molar-refractivity contribution in [1.82, 2.24) is 9.97 Å². The van der Waals surface area contributed by atoms with Crippen LogP contribution in [-0.4, -0.2) is 38.8 Å². The molecular formula is C10H11N3O3. The Labute approximate surface area is 92.4 Å². The summed E-state index contributed by atoms with van der Waals surface area (Å²) in [6, 6.07) is 0. The molecule has 0 aliphatic rings. The topological polar surface area (TPSA) is 95.3 Å². The number of hydrogen-bond donors (Lipinski definition) is 3. The van der Waals surface area contributed by atoms with Gasteiger partial charge in [-0.25, -0.2) is 14.8 Å². The Bertz CT molecular complexity index is 397. The molecule has 1 unspecified atom stereocenters. The van der Waals surface area contributed by atoms with Crippen LogP contribution in [0.3, 0.4) is 0 Å². The van der Waals surface area contributed by atoms with Crippen LogP contribution in [0.2, 0.25) is 0 Å². The number of aliphatic hydroxyl groups is 1. The number of carbonyl (C=O) groups is 1. The van der Waals surface area contributed by atoms with E-state index in [9.17, 15) is 9.90 Å². The molecule has 0 aliphatic heterocycles. The summed E-state index contributed by atoms with van der Waals surface area (Å²) in [5.74, 6) is 1.58. The van der Waals surface area contributed by atoms with Crippen molar-refractivity contribution in [2.24, 2.45) is 0 Å². The van der Waals surface area contributed by atoms with E-state index in [4.69, 9.17) is 11.5 Å². The molecule has 6 nitrogen and oxygen atoms in total. The van der Waals surface area contributed by atoms with Crippen molar-refractivity contribution in [2.75, 3.05) is 11.9 Å². The lowest BCUT2D eigenvalue weighted by Gasteiger charge is -2.08. The van der Waals surface area contributed by atoms with E-state index < -0.39 is 12.1 Å². The standard InChI is InChI=1S/C10H11N3O3/c1-2-3-7(14)4-12-9-6-11-8(5-13-9)10(15)16/h1,5-7,14H,3-4H2,(H,12,13)(H,15,16). The van der Waals surface area contributed by atoms with Crippen molar-refractivity contribution < 1.29 is 15.0 Å². The zero-order chi connectivity index (χ0) is 12.0. The van der Waals surface area contributed by atoms with Crippen molar-refractivity contribution in [2.45, 2.75) is 12.5 Å². The third-order valence-corrected chi connectivity index (χ3v) is 1.74. The SMILES string of the molecule is C#CCC(O)CNc1cnc(C(=O)O)cn1. The summed E-state index contributed by atoms with van der Waals surface area (Å²) < 4.78 is 0. The molecule has 3 N–H and O–H groups in total. The Morgan fingerprint density at radius 2 is 2.31 bits per heavy atom. The number of aromatic nitrogens is 2. The fraction of sp³-hybridized carbons (Fsp3) is 0.300. The maximum Gasteiger partial charge on any atom is 0.356 e. The van der Waals surface area contributed by atoms with E-state index in [1.165, 1.54) is 6.20 Å². The first-order valence-electron chi connectivity index (χ1n) is 4.54. The second-order valence-electron chi connectivity index (χ2n) is 3.04. The summed E-state index contributed by atoms with van der Waals surface area (Å²) in [4.78, 5) is 17.9. The van der Waals surface area contributed by atoms with Crippen LogP contribution in [0.1, 0.15) is 16.9 Å². The smallest absolute Gasteiger partial charge is 0.356 e. The number of terminal acetylenes is 1. The van der Waals surface area contributed by atoms with Crippen molar-refractivity contribution in [3.63, 3.8) is 0 Å². The monoisotopic (exact) mass is 221 g/mol. The second kappa shape index (κ2) is 5.68. The first kappa shape index (κ1) is 11.9. The number of aliphatic hydroxyl groups excluding tert-OH is 1. The molecule has 1 heterocycles. The summed E-state index contributed by atoms with van der Waals surface area (Å²) in [5, 5.41) is 20.7. The molecule has 6 heteroatoms. The van der Waals surface area contributed by atoms with Gasteiger partial charge in [-0.05, 0) is 0 Å². The zero-order valence-electron chi connectivity index (χ0n) is 8.42. The Morgan fingerprint density at radius 1 is 1.56 bits per heavy atom. The summed E-state index contributed by atoms with van der Waals surface area (Å²) in [6.07, 6.45) is 7.02. The fourth-order valence-electron chi connectivity index (χ4n) is 0.960. The lowest BCUT2D eigenvalue weighted by Crippen LogP contribution is -2.19. The van der Waals surface area contributed by atoms with E-state index in [2.05, 4.69) is 21.2 Å². The van der Waals surface area contributed by atoms with E-state index >= 15 is 0 Å². The van der Waals surface area contributed by atoms with E-state index in [0.717, 1.165) is 6.20 Å². The molecule has 0 fully saturated rings. The Balaban J connectivity index is 2.50. The maximum atomic E-state index is 10.5. The maximum absolute atomic E-state index is 10.5. The van der Waals surface area contributed by atoms with Gasteiger partial charge in [0, 0.05) is 13.0 Å². The minimum atomic E-state index is -1.13. The van der Waals surface area contributed by atoms with Gasteiger partial charge in [0.05, 0.1) is 18.5 Å². The molecule has 16 heavy (non-hydrogen) atoms. The molecule has 0 aliphatic carbocycles. The first-order chi connectivity index (χ1) is 7.63. The normalized spacial score (nSPS) is 11.5. The largest absolute Gasteiger partial charge is 0.476 e. The average molecular weight is 221 g/mol. The molecule has 0 saturated carbocycles. The van der Waals surface area contributed by atoms with Crippen LogP contribution in [-0.2, 0) is 0 Å². The molecule has 1 rings (SSSR count). The summed E-state index contributed by atoms with van der Waals surface area (Å²) in [7, 11) is 0. The molecule has 1 atom stereocenters. The predicted octanol–water partition coefficient (Wildman–Crippen LogP) is -0.0291. The molecule has 0 saturated heterocycles. The fourth-order valence-corrected chi connectivity index (χ4v) is 0.960. The second-order valence-corrected chi connectivity index (χ2v) is 3.04. The minimum absolute atomic E-state index is 0.130. The van der Waals surface area contributed by atoms with Gasteiger partial charge < -0.3 is 15.5 Å². The van der Waals surface area contributed by atoms with Gasteiger partial charge in [0.25, 0.3) is 0 Å². The zero-order valence-corrected chi connectivity index (χ0v) is 8.42. The lowest BCUT2D eigenvalue weighted by molar-refractivity contribution is 0.0690. The predicted molar refractivity (Wildman–Crippen MR) is 56.9 cm³/mol. The molecule has 0 aromatic carbocycles. The lowest BCUT2D eigenvalue weighted by atomic mass is 10.2. The van der Waals surface area contributed by atoms with Crippen molar-refractivity contribution in [3.05, 3.63) is 18.1 Å². The Hall–Kier alpha value is -2.13. The van der Waals surface area contributed by atoms with Gasteiger partial charge in [-0.15, -0.1) is 12.3 Å². The van der Waals surface area contributed by atoms with Crippen LogP contribution in [0.15, 0.2) is 12.4 Å². The summed E-state index contributed by atoms with van der Waals surface area (Å²) >= 11 is 0. The van der Waals surface area contributed by atoms with E-state index in [1.807, 2.05) is 0 Å². The minimum Gasteiger partial charge on any atom is -0.476 e. The van der Waals surface area contributed by atoms with E-state index in [1.54, 1.807) is 0 Å². The number of anilines is 1. The van der Waals surface area contributed by atoms with Crippen molar-refractivity contribution in [3.8, 4) is 12.3 Å². The molecule has 0 bridgehead atoms. The highest BCUT2D eigenvalue weighted by Gasteiger charge is 2.06. The quantitative estimate of drug-likeness (QED) is 0.604. The number of rotatable bonds is 5. The average Bonchev–Trinajstić information content (AvgIpc) is 2.27. The van der Waals surface area contributed by atoms with Gasteiger partial charge in [0.1, 0.15) is 5.82 Å². The molecule has 1 aromatic rings. The number of nitrogens with one attached hydrogen (secondary N) is 1. The molecular weight excluding hydrogens is 210 g/mol. The summed E-state index contributed by atoms with van der Waals surface area (Å²) in [5.41, 5.74) is -0.130. The van der Waals surface area contributed by atoms with Gasteiger partial charge in [-0.1, -0.05) is 0 Å². The number of hydrogen-bond acceptors (Lipinski definition) is 5. The van der Waals surface area contributed by atoms with Crippen molar-refractivity contribution >= 4 is 11.8 Å². The van der Waals surface area contributed by atoms with Gasteiger partial charge in [-0.3, -0.25) is 0 Å². The van der Waals surface area contributed by atoms with E-state index in [-0.39, 0.29) is 18.7 Å². The Morgan fingerprint density at radius 3 is 2.81 bits per heavy atom. The molecule has 0 spiro atoms. The Kier molecular flexibility index (Phi) is 4.24. The molecule has 0 radical (unpaired) electrons. The molecule has 1 aromatic heterocycles. The number of nitrogens with zero attached hydrogens (tertiary/aromatic N) is 2. The van der Waals surface area contributed by atoms with Gasteiger partial charge in [0.15, 0.2) is 5.69 Å². The van der Waals surface area contributed by atoms with Gasteiger partial charge in [-0.2, -0.15) is 0 Å². The van der Waals surface area contributed by atoms with Gasteiger partial charge in [0.2, 0.25) is 0 Å². The summed E-state index contributed by atoms with van der Waals surface area (Å²) in [6.45, 7) is 0.241. The highest BCUT2D eigenvalue weighted by molar-refractivity contribution is 5.84. The van der Waals surface area contributed by atoms with Crippen LogP contribution in [0.5, 0.6) is 0 Å². The number of carboxylic acid groups (broad SMARTS) is 1. The molecule has 84 valence electrons. The number of carboxylic acids is 1. The molecule has 0 amide bonds. The third kappa shape index (κ3) is 3.55. The van der Waals surface area contributed by atoms with Crippen molar-refractivity contribution in [1.29, 1.82) is 0 Å². The van der Waals surface area contributed by atoms with Crippen LogP contribution in [0.4, 0.5) is 5.82 Å². The van der Waals surface area contributed by atoms with E-state index in [0.29, 0.717) is 5.82 Å². The van der Waals surface area contributed by atoms with Crippen LogP contribution >= 0.6 is 0 Å². The number of aromatic carboxylic acids is 1. The third-order valence-electron chi connectivity index (χ3n) is 1.74. The van der Waals surface area contributed by atoms with Crippen LogP contribution in [0, 0.1) is 12.3 Å². The van der Waals surface area contributed by atoms with Gasteiger partial charge >= 0.3 is 5.97 Å². The van der Waals surface area contributed by atoms with Crippen LogP contribution in [0.25, 0.3) is 0 Å². The highest BCUT2D eigenvalue weighted by atomic mass is 16.4.